The molecule has 2 aromatic carbocycles. The van der Waals surface area contributed by atoms with E-state index in [1.165, 1.54) is 17.5 Å². The number of halogens is 1. The molecule has 2 fully saturated rings. The van der Waals surface area contributed by atoms with E-state index in [0.29, 0.717) is 11.9 Å². The zero-order valence-corrected chi connectivity index (χ0v) is 18.6. The van der Waals surface area contributed by atoms with Crippen LogP contribution in [0.25, 0.3) is 0 Å². The fourth-order valence-electron chi connectivity index (χ4n) is 4.71. The van der Waals surface area contributed by atoms with E-state index in [-0.39, 0.29) is 12.4 Å². The van der Waals surface area contributed by atoms with Gasteiger partial charge in [0.15, 0.2) is 0 Å². The molecule has 0 spiro atoms. The third-order valence-electron chi connectivity index (χ3n) is 6.33. The number of carbonyl (C=O) groups is 1. The molecule has 0 unspecified atom stereocenters. The van der Waals surface area contributed by atoms with Crippen LogP contribution in [0, 0.1) is 0 Å². The molecule has 2 aliphatic heterocycles. The molecule has 2 aliphatic rings. The molecular weight excluding hydrogens is 394 g/mol. The van der Waals surface area contributed by atoms with E-state index in [2.05, 4.69) is 70.5 Å². The molecule has 0 aromatic heterocycles. The lowest BCUT2D eigenvalue weighted by Crippen LogP contribution is -2.48. The molecule has 0 N–H and O–H groups in total. The van der Waals surface area contributed by atoms with E-state index in [1.807, 2.05) is 4.90 Å². The van der Waals surface area contributed by atoms with Crippen LogP contribution >= 0.6 is 12.4 Å². The van der Waals surface area contributed by atoms with Gasteiger partial charge in [-0.05, 0) is 36.9 Å². The van der Waals surface area contributed by atoms with Crippen LogP contribution < -0.4 is 0 Å². The molecule has 4 nitrogen and oxygen atoms in total. The van der Waals surface area contributed by atoms with Gasteiger partial charge in [0, 0.05) is 45.7 Å². The second kappa shape index (κ2) is 11.5. The van der Waals surface area contributed by atoms with Gasteiger partial charge < -0.3 is 9.80 Å². The van der Waals surface area contributed by atoms with Crippen molar-refractivity contribution in [3.63, 3.8) is 0 Å². The Kier molecular flexibility index (Phi) is 8.74. The van der Waals surface area contributed by atoms with Crippen LogP contribution in [0.4, 0.5) is 0 Å². The molecule has 0 bridgehead atoms. The molecule has 30 heavy (non-hydrogen) atoms. The second-order valence-corrected chi connectivity index (χ2v) is 8.29. The lowest BCUT2D eigenvalue weighted by molar-refractivity contribution is -0.127. The first kappa shape index (κ1) is 22.8. The van der Waals surface area contributed by atoms with E-state index in [1.54, 1.807) is 0 Å². The van der Waals surface area contributed by atoms with Gasteiger partial charge in [0.05, 0.1) is 6.04 Å². The molecule has 1 amide bonds. The predicted molar refractivity (Wildman–Crippen MR) is 125 cm³/mol. The summed E-state index contributed by atoms with van der Waals surface area (Å²) in [5, 5.41) is 0. The smallest absolute Gasteiger partial charge is 0.222 e. The fourth-order valence-corrected chi connectivity index (χ4v) is 4.71. The molecule has 2 saturated heterocycles. The number of hydrogen-bond donors (Lipinski definition) is 0. The van der Waals surface area contributed by atoms with Crippen LogP contribution in [0.3, 0.4) is 0 Å². The van der Waals surface area contributed by atoms with Gasteiger partial charge in [-0.1, -0.05) is 60.7 Å². The average molecular weight is 428 g/mol. The summed E-state index contributed by atoms with van der Waals surface area (Å²) in [6.45, 7) is 7.51. The van der Waals surface area contributed by atoms with E-state index in [0.717, 1.165) is 65.1 Å². The first-order valence-electron chi connectivity index (χ1n) is 11.2. The van der Waals surface area contributed by atoms with Crippen molar-refractivity contribution < 1.29 is 4.79 Å². The molecule has 0 radical (unpaired) electrons. The van der Waals surface area contributed by atoms with Gasteiger partial charge in [-0.3, -0.25) is 9.69 Å². The number of carbonyl (C=O) groups excluding carboxylic acids is 1. The molecule has 0 saturated carbocycles. The third kappa shape index (κ3) is 5.84. The van der Waals surface area contributed by atoms with Gasteiger partial charge in [0.2, 0.25) is 5.91 Å². The maximum Gasteiger partial charge on any atom is 0.222 e. The minimum absolute atomic E-state index is 0. The van der Waals surface area contributed by atoms with Gasteiger partial charge in [-0.25, -0.2) is 0 Å². The molecule has 0 atom stereocenters. The minimum Gasteiger partial charge on any atom is -0.343 e. The number of unbranched alkanes of at least 4 members (excludes halogenated alkanes) is 1. The van der Waals surface area contributed by atoms with Crippen molar-refractivity contribution in [3.05, 3.63) is 71.8 Å². The van der Waals surface area contributed by atoms with Gasteiger partial charge in [0.1, 0.15) is 0 Å². The highest BCUT2D eigenvalue weighted by Crippen LogP contribution is 2.29. The number of nitrogens with zero attached hydrogens (tertiary/aromatic N) is 3. The number of likely N-dealkylation sites (tertiary alicyclic amines) is 1. The highest BCUT2D eigenvalue weighted by Gasteiger charge is 2.26. The molecule has 4 rings (SSSR count). The van der Waals surface area contributed by atoms with Crippen molar-refractivity contribution in [2.24, 2.45) is 0 Å². The first-order chi connectivity index (χ1) is 14.3. The normalized spacial score (nSPS) is 18.0. The third-order valence-corrected chi connectivity index (χ3v) is 6.33. The Bertz CT molecular complexity index is 723. The number of amides is 1. The number of piperazine rings is 1. The van der Waals surface area contributed by atoms with Crippen molar-refractivity contribution in [1.29, 1.82) is 0 Å². The van der Waals surface area contributed by atoms with E-state index in [4.69, 9.17) is 0 Å². The highest BCUT2D eigenvalue weighted by molar-refractivity contribution is 5.85. The monoisotopic (exact) mass is 427 g/mol. The lowest BCUT2D eigenvalue weighted by Gasteiger charge is -2.40. The average Bonchev–Trinajstić information content (AvgIpc) is 3.19. The maximum atomic E-state index is 11.7. The lowest BCUT2D eigenvalue weighted by atomic mass is 9.96. The Hall–Kier alpha value is -1.88. The Labute approximate surface area is 187 Å². The van der Waals surface area contributed by atoms with E-state index >= 15 is 0 Å². The summed E-state index contributed by atoms with van der Waals surface area (Å²) in [7, 11) is 0. The minimum atomic E-state index is 0. The quantitative estimate of drug-likeness (QED) is 0.590. The zero-order valence-electron chi connectivity index (χ0n) is 17.8. The van der Waals surface area contributed by atoms with Crippen molar-refractivity contribution >= 4 is 18.3 Å². The van der Waals surface area contributed by atoms with Gasteiger partial charge in [-0.2, -0.15) is 0 Å². The van der Waals surface area contributed by atoms with Crippen LogP contribution in [0.1, 0.15) is 42.9 Å². The molecule has 5 heteroatoms. The molecule has 2 heterocycles. The largest absolute Gasteiger partial charge is 0.343 e. The summed E-state index contributed by atoms with van der Waals surface area (Å²) in [4.78, 5) is 19.0. The molecular formula is C25H34ClN3O. The summed E-state index contributed by atoms with van der Waals surface area (Å²) < 4.78 is 0. The first-order valence-corrected chi connectivity index (χ1v) is 11.2. The predicted octanol–water partition coefficient (Wildman–Crippen LogP) is 4.22. The summed E-state index contributed by atoms with van der Waals surface area (Å²) in [6.07, 6.45) is 4.12. The van der Waals surface area contributed by atoms with Crippen LogP contribution in [0.5, 0.6) is 0 Å². The Morgan fingerprint density at radius 1 is 0.733 bits per heavy atom. The topological polar surface area (TPSA) is 26.8 Å². The van der Waals surface area contributed by atoms with Crippen molar-refractivity contribution in [2.45, 2.75) is 31.7 Å². The molecule has 0 aliphatic carbocycles. The van der Waals surface area contributed by atoms with E-state index < -0.39 is 0 Å². The van der Waals surface area contributed by atoms with Gasteiger partial charge >= 0.3 is 0 Å². The fraction of sp³-hybridized carbons (Fsp3) is 0.480. The van der Waals surface area contributed by atoms with Crippen LogP contribution in [-0.4, -0.2) is 66.4 Å². The Morgan fingerprint density at radius 3 is 1.83 bits per heavy atom. The van der Waals surface area contributed by atoms with Crippen molar-refractivity contribution in [2.75, 3.05) is 45.8 Å². The highest BCUT2D eigenvalue weighted by atomic mass is 35.5. The SMILES string of the molecule is Cl.O=C1CCCN1CCCCN1CCN(C(c2ccccc2)c2ccccc2)CC1. The van der Waals surface area contributed by atoms with Crippen LogP contribution in [-0.2, 0) is 4.79 Å². The Morgan fingerprint density at radius 2 is 1.30 bits per heavy atom. The summed E-state index contributed by atoms with van der Waals surface area (Å²) >= 11 is 0. The van der Waals surface area contributed by atoms with Crippen molar-refractivity contribution in [1.82, 2.24) is 14.7 Å². The second-order valence-electron chi connectivity index (χ2n) is 8.29. The number of rotatable bonds is 8. The van der Waals surface area contributed by atoms with Gasteiger partial charge in [0.25, 0.3) is 0 Å². The number of hydrogen-bond acceptors (Lipinski definition) is 3. The molecule has 2 aromatic rings. The summed E-state index contributed by atoms with van der Waals surface area (Å²) in [5.74, 6) is 0.353. The Balaban J connectivity index is 0.00000256. The van der Waals surface area contributed by atoms with Crippen LogP contribution in [0.2, 0.25) is 0 Å². The standard InChI is InChI=1S/C25H33N3O.ClH/c29-24-14-9-17-27(24)16-8-7-15-26-18-20-28(21-19-26)25(22-10-3-1-4-11-22)23-12-5-2-6-13-23;/h1-6,10-13,25H,7-9,14-21H2;1H. The van der Waals surface area contributed by atoms with Gasteiger partial charge in [-0.15, -0.1) is 12.4 Å². The zero-order chi connectivity index (χ0) is 19.9. The summed E-state index contributed by atoms with van der Waals surface area (Å²) in [6, 6.07) is 22.1. The maximum absolute atomic E-state index is 11.7. The summed E-state index contributed by atoms with van der Waals surface area (Å²) in [5.41, 5.74) is 2.75. The van der Waals surface area contributed by atoms with Crippen molar-refractivity contribution in [3.8, 4) is 0 Å². The molecule has 162 valence electrons. The van der Waals surface area contributed by atoms with Crippen LogP contribution in [0.15, 0.2) is 60.7 Å². The number of benzene rings is 2. The van der Waals surface area contributed by atoms with E-state index in [9.17, 15) is 4.79 Å².